The van der Waals surface area contributed by atoms with E-state index in [2.05, 4.69) is 46.1 Å². The molecule has 0 aromatic heterocycles. The number of amides is 1. The third-order valence-electron chi connectivity index (χ3n) is 4.78. The van der Waals surface area contributed by atoms with Gasteiger partial charge in [0.05, 0.1) is 13.2 Å². The van der Waals surface area contributed by atoms with Gasteiger partial charge in [-0.05, 0) is 55.2 Å². The lowest BCUT2D eigenvalue weighted by Gasteiger charge is -2.12. The smallest absolute Gasteiger partial charge is 0.251 e. The van der Waals surface area contributed by atoms with Gasteiger partial charge in [-0.25, -0.2) is 4.99 Å². The summed E-state index contributed by atoms with van der Waals surface area (Å²) in [5.74, 6) is 1.77. The lowest BCUT2D eigenvalue weighted by atomic mass is 10.1. The molecule has 29 heavy (non-hydrogen) atoms. The van der Waals surface area contributed by atoms with Crippen molar-refractivity contribution in [1.82, 2.24) is 16.0 Å². The van der Waals surface area contributed by atoms with Crippen molar-refractivity contribution in [2.45, 2.75) is 33.2 Å². The second-order valence-corrected chi connectivity index (χ2v) is 6.97. The molecule has 154 valence electrons. The Hall–Kier alpha value is -3.02. The topological polar surface area (TPSA) is 74.8 Å². The molecule has 1 aliphatic rings. The maximum atomic E-state index is 11.8. The number of nitrogens with one attached hydrogen (secondary N) is 3. The first-order valence-corrected chi connectivity index (χ1v) is 10.3. The average molecular weight is 395 g/mol. The summed E-state index contributed by atoms with van der Waals surface area (Å²) >= 11 is 0. The van der Waals surface area contributed by atoms with E-state index in [-0.39, 0.29) is 5.91 Å². The number of carbonyl (C=O) groups excluding carboxylic acids is 1. The summed E-state index contributed by atoms with van der Waals surface area (Å²) in [4.78, 5) is 16.5. The Kier molecular flexibility index (Phi) is 7.50. The summed E-state index contributed by atoms with van der Waals surface area (Å²) in [7, 11) is 0. The molecular formula is C23H30N4O2. The largest absolute Gasteiger partial charge is 0.493 e. The fourth-order valence-corrected chi connectivity index (χ4v) is 3.26. The summed E-state index contributed by atoms with van der Waals surface area (Å²) in [5, 5.41) is 9.48. The average Bonchev–Trinajstić information content (AvgIpc) is 3.20. The molecule has 6 nitrogen and oxygen atoms in total. The van der Waals surface area contributed by atoms with E-state index >= 15 is 0 Å². The molecule has 0 saturated heterocycles. The molecule has 1 heterocycles. The molecule has 3 N–H and O–H groups in total. The van der Waals surface area contributed by atoms with Crippen LogP contribution in [-0.4, -0.2) is 38.1 Å². The van der Waals surface area contributed by atoms with Crippen molar-refractivity contribution in [1.29, 1.82) is 0 Å². The molecule has 0 spiro atoms. The number of carbonyl (C=O) groups is 1. The highest BCUT2D eigenvalue weighted by Gasteiger charge is 2.11. The van der Waals surface area contributed by atoms with Crippen LogP contribution in [0.4, 0.5) is 0 Å². The first kappa shape index (κ1) is 20.7. The lowest BCUT2D eigenvalue weighted by Crippen LogP contribution is -2.38. The van der Waals surface area contributed by atoms with Crippen LogP contribution in [0.3, 0.4) is 0 Å². The molecule has 2 aromatic carbocycles. The van der Waals surface area contributed by atoms with Crippen molar-refractivity contribution in [2.75, 3.05) is 26.2 Å². The first-order chi connectivity index (χ1) is 14.2. The predicted octanol–water partition coefficient (Wildman–Crippen LogP) is 2.67. The fraction of sp³-hybridized carbons (Fsp3) is 0.391. The van der Waals surface area contributed by atoms with Gasteiger partial charge in [0.1, 0.15) is 5.75 Å². The first-order valence-electron chi connectivity index (χ1n) is 10.3. The minimum atomic E-state index is -0.0457. The number of fused-ring (bicyclic) bond motifs is 1. The number of guanidine groups is 1. The summed E-state index contributed by atoms with van der Waals surface area (Å²) < 4.78 is 5.57. The minimum Gasteiger partial charge on any atom is -0.493 e. The number of hydrogen-bond acceptors (Lipinski definition) is 3. The van der Waals surface area contributed by atoms with Gasteiger partial charge in [-0.15, -0.1) is 0 Å². The Labute approximate surface area is 172 Å². The Bertz CT molecular complexity index is 846. The molecule has 3 rings (SSSR count). The van der Waals surface area contributed by atoms with E-state index in [9.17, 15) is 4.79 Å². The van der Waals surface area contributed by atoms with E-state index in [1.165, 1.54) is 11.1 Å². The third-order valence-corrected chi connectivity index (χ3v) is 4.78. The molecule has 1 amide bonds. The van der Waals surface area contributed by atoms with Gasteiger partial charge in [0.25, 0.3) is 5.91 Å². The number of ether oxygens (including phenoxy) is 1. The zero-order valence-electron chi connectivity index (χ0n) is 17.3. The molecule has 0 unspecified atom stereocenters. The minimum absolute atomic E-state index is 0.0457. The highest BCUT2D eigenvalue weighted by atomic mass is 16.5. The number of hydrogen-bond donors (Lipinski definition) is 3. The predicted molar refractivity (Wildman–Crippen MR) is 117 cm³/mol. The van der Waals surface area contributed by atoms with Crippen LogP contribution in [0.2, 0.25) is 0 Å². The van der Waals surface area contributed by atoms with Gasteiger partial charge >= 0.3 is 0 Å². The second kappa shape index (κ2) is 10.5. The Balaban J connectivity index is 1.52. The van der Waals surface area contributed by atoms with Crippen LogP contribution in [0, 0.1) is 0 Å². The molecule has 6 heteroatoms. The Morgan fingerprint density at radius 2 is 1.76 bits per heavy atom. The van der Waals surface area contributed by atoms with Crippen LogP contribution in [0.1, 0.15) is 40.9 Å². The summed E-state index contributed by atoms with van der Waals surface area (Å²) in [6.45, 7) is 7.55. The SMILES string of the molecule is CCNC(=O)c1ccc(CN=C(NCC)NCCc2ccc3c(c2)CCO3)cc1. The van der Waals surface area contributed by atoms with Gasteiger partial charge in [0.2, 0.25) is 0 Å². The molecule has 0 bridgehead atoms. The van der Waals surface area contributed by atoms with Crippen LogP contribution in [-0.2, 0) is 19.4 Å². The van der Waals surface area contributed by atoms with Crippen molar-refractivity contribution < 1.29 is 9.53 Å². The van der Waals surface area contributed by atoms with E-state index in [1.54, 1.807) is 0 Å². The van der Waals surface area contributed by atoms with Gasteiger partial charge < -0.3 is 20.7 Å². The van der Waals surface area contributed by atoms with Crippen LogP contribution in [0.25, 0.3) is 0 Å². The normalized spacial score (nSPS) is 12.8. The zero-order valence-corrected chi connectivity index (χ0v) is 17.3. The maximum absolute atomic E-state index is 11.8. The van der Waals surface area contributed by atoms with Crippen LogP contribution in [0.5, 0.6) is 5.75 Å². The van der Waals surface area contributed by atoms with Gasteiger partial charge in [-0.1, -0.05) is 24.3 Å². The van der Waals surface area contributed by atoms with Crippen molar-refractivity contribution in [3.05, 3.63) is 64.7 Å². The van der Waals surface area contributed by atoms with E-state index in [4.69, 9.17) is 4.74 Å². The van der Waals surface area contributed by atoms with Crippen molar-refractivity contribution in [2.24, 2.45) is 4.99 Å². The van der Waals surface area contributed by atoms with E-state index in [0.717, 1.165) is 49.8 Å². The molecule has 0 aliphatic carbocycles. The molecule has 0 saturated carbocycles. The van der Waals surface area contributed by atoms with Crippen LogP contribution < -0.4 is 20.7 Å². The van der Waals surface area contributed by atoms with E-state index < -0.39 is 0 Å². The van der Waals surface area contributed by atoms with Crippen molar-refractivity contribution >= 4 is 11.9 Å². The monoisotopic (exact) mass is 394 g/mol. The summed E-state index contributed by atoms with van der Waals surface area (Å²) in [6.07, 6.45) is 1.93. The lowest BCUT2D eigenvalue weighted by molar-refractivity contribution is 0.0956. The van der Waals surface area contributed by atoms with Crippen molar-refractivity contribution in [3.8, 4) is 5.75 Å². The van der Waals surface area contributed by atoms with E-state index in [1.807, 2.05) is 31.2 Å². The number of nitrogens with zero attached hydrogens (tertiary/aromatic N) is 1. The van der Waals surface area contributed by atoms with Crippen molar-refractivity contribution in [3.63, 3.8) is 0 Å². The molecule has 1 aliphatic heterocycles. The number of rotatable bonds is 8. The summed E-state index contributed by atoms with van der Waals surface area (Å²) in [6, 6.07) is 14.0. The zero-order chi connectivity index (χ0) is 20.5. The Morgan fingerprint density at radius 3 is 2.52 bits per heavy atom. The quantitative estimate of drug-likeness (QED) is 0.475. The Morgan fingerprint density at radius 1 is 1.00 bits per heavy atom. The molecular weight excluding hydrogens is 364 g/mol. The van der Waals surface area contributed by atoms with E-state index in [0.29, 0.717) is 18.7 Å². The number of aliphatic imine (C=N–C) groups is 1. The standard InChI is InChI=1S/C23H30N4O2/c1-3-24-22(28)19-8-5-18(6-9-19)16-27-23(25-4-2)26-13-11-17-7-10-21-20(15-17)12-14-29-21/h5-10,15H,3-4,11-14,16H2,1-2H3,(H,24,28)(H2,25,26,27). The second-order valence-electron chi connectivity index (χ2n) is 6.97. The summed E-state index contributed by atoms with van der Waals surface area (Å²) in [5.41, 5.74) is 4.34. The molecule has 0 atom stereocenters. The highest BCUT2D eigenvalue weighted by Crippen LogP contribution is 2.25. The van der Waals surface area contributed by atoms with Gasteiger partial charge in [0.15, 0.2) is 5.96 Å². The third kappa shape index (κ3) is 5.98. The maximum Gasteiger partial charge on any atom is 0.251 e. The number of benzene rings is 2. The molecule has 2 aromatic rings. The highest BCUT2D eigenvalue weighted by molar-refractivity contribution is 5.94. The fourth-order valence-electron chi connectivity index (χ4n) is 3.26. The van der Waals surface area contributed by atoms with Gasteiger partial charge in [0, 0.05) is 31.6 Å². The van der Waals surface area contributed by atoms with Gasteiger partial charge in [-0.2, -0.15) is 0 Å². The van der Waals surface area contributed by atoms with Crippen LogP contribution >= 0.6 is 0 Å². The van der Waals surface area contributed by atoms with Gasteiger partial charge in [-0.3, -0.25) is 4.79 Å². The molecule has 0 radical (unpaired) electrons. The van der Waals surface area contributed by atoms with Crippen LogP contribution in [0.15, 0.2) is 47.5 Å². The molecule has 0 fully saturated rings.